The van der Waals surface area contributed by atoms with E-state index in [-0.39, 0.29) is 23.6 Å². The van der Waals surface area contributed by atoms with Crippen molar-refractivity contribution in [3.63, 3.8) is 0 Å². The van der Waals surface area contributed by atoms with Crippen LogP contribution in [0.5, 0.6) is 0 Å². The van der Waals surface area contributed by atoms with Gasteiger partial charge in [-0.15, -0.1) is 0 Å². The number of anilines is 3. The van der Waals surface area contributed by atoms with E-state index in [1.807, 2.05) is 0 Å². The van der Waals surface area contributed by atoms with Crippen molar-refractivity contribution in [1.29, 1.82) is 0 Å². The summed E-state index contributed by atoms with van der Waals surface area (Å²) in [6, 6.07) is 8.51. The van der Waals surface area contributed by atoms with Crippen LogP contribution >= 0.6 is 0 Å². The Balaban J connectivity index is 1.83. The Labute approximate surface area is 195 Å². The molecule has 0 bridgehead atoms. The number of imide groups is 1. The van der Waals surface area contributed by atoms with Gasteiger partial charge in [0.15, 0.2) is 0 Å². The third kappa shape index (κ3) is 3.92. The van der Waals surface area contributed by atoms with Crippen molar-refractivity contribution < 1.29 is 23.5 Å². The Morgan fingerprint density at radius 2 is 1.91 bits per heavy atom. The van der Waals surface area contributed by atoms with Crippen molar-refractivity contribution in [3.8, 4) is 0 Å². The number of pyridine rings is 1. The van der Waals surface area contributed by atoms with Gasteiger partial charge in [-0.2, -0.15) is 0 Å². The SMILES string of the molecule is CCOC(=O)c1ccc(N2C(=O)c3nc4c(NC)cc(F)cc4c(NCCCN)c3C2=O)cc1. The van der Waals surface area contributed by atoms with Crippen LogP contribution in [0.2, 0.25) is 0 Å². The van der Waals surface area contributed by atoms with Crippen LogP contribution in [0.25, 0.3) is 10.9 Å². The van der Waals surface area contributed by atoms with E-state index in [1.54, 1.807) is 14.0 Å². The van der Waals surface area contributed by atoms with E-state index in [2.05, 4.69) is 15.6 Å². The van der Waals surface area contributed by atoms with Crippen LogP contribution in [0.1, 0.15) is 44.5 Å². The van der Waals surface area contributed by atoms with E-state index >= 15 is 0 Å². The highest BCUT2D eigenvalue weighted by Crippen LogP contribution is 2.39. The summed E-state index contributed by atoms with van der Waals surface area (Å²) in [6.45, 7) is 2.77. The maximum absolute atomic E-state index is 14.4. The summed E-state index contributed by atoms with van der Waals surface area (Å²) in [7, 11) is 1.62. The summed E-state index contributed by atoms with van der Waals surface area (Å²) >= 11 is 0. The van der Waals surface area contributed by atoms with Gasteiger partial charge in [-0.3, -0.25) is 9.59 Å². The molecule has 9 nitrogen and oxygen atoms in total. The van der Waals surface area contributed by atoms with Crippen molar-refractivity contribution in [2.45, 2.75) is 13.3 Å². The van der Waals surface area contributed by atoms with Gasteiger partial charge in [0, 0.05) is 19.0 Å². The molecule has 2 amide bonds. The molecule has 0 radical (unpaired) electrons. The van der Waals surface area contributed by atoms with E-state index in [4.69, 9.17) is 10.5 Å². The molecule has 34 heavy (non-hydrogen) atoms. The Kier molecular flexibility index (Phi) is 6.42. The van der Waals surface area contributed by atoms with Gasteiger partial charge in [-0.25, -0.2) is 19.1 Å². The fourth-order valence-corrected chi connectivity index (χ4v) is 3.89. The Bertz CT molecular complexity index is 1290. The van der Waals surface area contributed by atoms with Gasteiger partial charge in [-0.1, -0.05) is 0 Å². The zero-order chi connectivity index (χ0) is 24.4. The number of nitrogens with one attached hydrogen (secondary N) is 2. The van der Waals surface area contributed by atoms with Gasteiger partial charge >= 0.3 is 5.97 Å². The molecule has 3 aromatic rings. The molecule has 0 aliphatic carbocycles. The van der Waals surface area contributed by atoms with Crippen LogP contribution in [0.4, 0.5) is 21.5 Å². The predicted octanol–water partition coefficient (Wildman–Crippen LogP) is 3.15. The molecule has 1 aliphatic heterocycles. The maximum Gasteiger partial charge on any atom is 0.338 e. The number of carbonyl (C=O) groups is 3. The third-order valence-corrected chi connectivity index (χ3v) is 5.47. The highest BCUT2D eigenvalue weighted by Gasteiger charge is 2.41. The first-order valence-electron chi connectivity index (χ1n) is 10.9. The number of ether oxygens (including phenoxy) is 1. The van der Waals surface area contributed by atoms with Crippen LogP contribution in [0.15, 0.2) is 36.4 Å². The Morgan fingerprint density at radius 1 is 1.18 bits per heavy atom. The highest BCUT2D eigenvalue weighted by atomic mass is 19.1. The second kappa shape index (κ2) is 9.44. The van der Waals surface area contributed by atoms with Gasteiger partial charge in [0.1, 0.15) is 11.5 Å². The van der Waals surface area contributed by atoms with Crippen LogP contribution < -0.4 is 21.3 Å². The lowest BCUT2D eigenvalue weighted by molar-refractivity contribution is 0.0526. The van der Waals surface area contributed by atoms with Gasteiger partial charge in [0.25, 0.3) is 11.8 Å². The molecule has 0 spiro atoms. The number of carbonyl (C=O) groups excluding carboxylic acids is 3. The molecule has 176 valence electrons. The van der Waals surface area contributed by atoms with Crippen LogP contribution in [-0.4, -0.2) is 49.5 Å². The lowest BCUT2D eigenvalue weighted by atomic mass is 10.0. The fourth-order valence-electron chi connectivity index (χ4n) is 3.89. The molecule has 4 rings (SSSR count). The molecular weight excluding hydrogens is 441 g/mol. The van der Waals surface area contributed by atoms with Gasteiger partial charge in [-0.05, 0) is 56.3 Å². The minimum atomic E-state index is -0.612. The summed E-state index contributed by atoms with van der Waals surface area (Å²) in [5, 5.41) is 6.42. The average Bonchev–Trinajstić information content (AvgIpc) is 3.08. The molecule has 0 unspecified atom stereocenters. The minimum absolute atomic E-state index is 0.0367. The topological polar surface area (TPSA) is 127 Å². The third-order valence-electron chi connectivity index (χ3n) is 5.47. The molecule has 0 fully saturated rings. The monoisotopic (exact) mass is 465 g/mol. The number of esters is 1. The largest absolute Gasteiger partial charge is 0.462 e. The average molecular weight is 465 g/mol. The summed E-state index contributed by atoms with van der Waals surface area (Å²) in [6.07, 6.45) is 0.605. The highest BCUT2D eigenvalue weighted by molar-refractivity contribution is 6.37. The van der Waals surface area contributed by atoms with Gasteiger partial charge in [0.2, 0.25) is 0 Å². The molecule has 0 atom stereocenters. The number of hydrogen-bond donors (Lipinski definition) is 3. The van der Waals surface area contributed by atoms with Crippen molar-refractivity contribution in [2.75, 3.05) is 42.3 Å². The number of rotatable bonds is 8. The molecule has 1 aromatic heterocycles. The predicted molar refractivity (Wildman–Crippen MR) is 127 cm³/mol. The van der Waals surface area contributed by atoms with Crippen LogP contribution in [0.3, 0.4) is 0 Å². The van der Waals surface area contributed by atoms with E-state index in [0.717, 1.165) is 4.90 Å². The van der Waals surface area contributed by atoms with Crippen molar-refractivity contribution >= 4 is 45.7 Å². The number of aromatic nitrogens is 1. The molecule has 10 heteroatoms. The van der Waals surface area contributed by atoms with E-state index < -0.39 is 23.6 Å². The van der Waals surface area contributed by atoms with E-state index in [0.29, 0.717) is 47.4 Å². The first-order chi connectivity index (χ1) is 16.4. The molecule has 2 aromatic carbocycles. The normalized spacial score (nSPS) is 12.8. The summed E-state index contributed by atoms with van der Waals surface area (Å²) < 4.78 is 19.3. The quantitative estimate of drug-likeness (QED) is 0.263. The first-order valence-corrected chi connectivity index (χ1v) is 10.9. The molecule has 1 aliphatic rings. The maximum atomic E-state index is 14.4. The number of benzene rings is 2. The van der Waals surface area contributed by atoms with Gasteiger partial charge in [0.05, 0.1) is 40.3 Å². The zero-order valence-electron chi connectivity index (χ0n) is 18.8. The number of fused-ring (bicyclic) bond motifs is 2. The number of amides is 2. The molecule has 2 heterocycles. The first kappa shape index (κ1) is 23.1. The summed E-state index contributed by atoms with van der Waals surface area (Å²) in [5.74, 6) is -2.22. The second-order valence-corrected chi connectivity index (χ2v) is 7.59. The lowest BCUT2D eigenvalue weighted by Gasteiger charge is -2.15. The molecule has 0 saturated heterocycles. The van der Waals surface area contributed by atoms with Crippen LogP contribution in [0, 0.1) is 5.82 Å². The number of nitrogens with two attached hydrogens (primary N) is 1. The zero-order valence-corrected chi connectivity index (χ0v) is 18.8. The van der Waals surface area contributed by atoms with E-state index in [1.165, 1.54) is 36.4 Å². The van der Waals surface area contributed by atoms with Crippen molar-refractivity contribution in [2.24, 2.45) is 5.73 Å². The summed E-state index contributed by atoms with van der Waals surface area (Å²) in [5.41, 5.74) is 7.28. The minimum Gasteiger partial charge on any atom is -0.462 e. The molecular formula is C24H24FN5O4. The fraction of sp³-hybridized carbons (Fsp3) is 0.250. The van der Waals surface area contributed by atoms with Crippen molar-refractivity contribution in [1.82, 2.24) is 4.98 Å². The van der Waals surface area contributed by atoms with Crippen molar-refractivity contribution in [3.05, 3.63) is 59.0 Å². The van der Waals surface area contributed by atoms with Crippen LogP contribution in [-0.2, 0) is 4.74 Å². The standard InChI is InChI=1S/C24H24FN5O4/c1-3-34-24(33)13-5-7-15(8-6-13)30-22(31)18-20(28-10-4-9-26)16-11-14(25)12-17(27-2)19(16)29-21(18)23(30)32/h5-8,11-12,27H,3-4,9-10,26H2,1-2H3,(H,28,29). The number of nitrogens with zero attached hydrogens (tertiary/aromatic N) is 2. The molecule has 4 N–H and O–H groups in total. The lowest BCUT2D eigenvalue weighted by Crippen LogP contribution is -2.29. The number of hydrogen-bond acceptors (Lipinski definition) is 8. The Morgan fingerprint density at radius 3 is 2.56 bits per heavy atom. The summed E-state index contributed by atoms with van der Waals surface area (Å²) in [4.78, 5) is 44.2. The van der Waals surface area contributed by atoms with E-state index in [9.17, 15) is 18.8 Å². The number of halogens is 1. The smallest absolute Gasteiger partial charge is 0.338 e. The Hall–Kier alpha value is -4.05. The second-order valence-electron chi connectivity index (χ2n) is 7.59. The van der Waals surface area contributed by atoms with Gasteiger partial charge < -0.3 is 21.1 Å². The molecule has 0 saturated carbocycles.